The van der Waals surface area contributed by atoms with Gasteiger partial charge < -0.3 is 0 Å². The van der Waals surface area contributed by atoms with Gasteiger partial charge >= 0.3 is 0 Å². The van der Waals surface area contributed by atoms with Crippen molar-refractivity contribution in [2.45, 2.75) is 18.3 Å². The van der Waals surface area contributed by atoms with Crippen molar-refractivity contribution < 1.29 is 4.79 Å². The van der Waals surface area contributed by atoms with Gasteiger partial charge in [-0.1, -0.05) is 66.7 Å². The van der Waals surface area contributed by atoms with Gasteiger partial charge in [0.2, 0.25) is 0 Å². The first-order chi connectivity index (χ1) is 14.2. The van der Waals surface area contributed by atoms with Crippen LogP contribution in [0.4, 0.5) is 0 Å². The van der Waals surface area contributed by atoms with Gasteiger partial charge in [0.15, 0.2) is 11.2 Å². The average molecular weight is 394 g/mol. The lowest BCUT2D eigenvalue weighted by molar-refractivity contribution is -0.118. The third-order valence-electron chi connectivity index (χ3n) is 5.55. The topological polar surface area (TPSA) is 64.7 Å². The van der Waals surface area contributed by atoms with Crippen LogP contribution in [0.15, 0.2) is 83.7 Å². The standard InChI is InChI=1S/C25H18N2OS/c26-16-25(17-27)21(19-10-5-2-6-11-19)15-22(28)20(14-18-8-3-1-4-9-18)24(25)23-12-7-13-29-23/h1-14,21,24H,15H2/b20-14-/t21-,24-/m0/s1. The number of ketones is 1. The highest BCUT2D eigenvalue weighted by Crippen LogP contribution is 2.56. The number of carbonyl (C=O) groups is 1. The summed E-state index contributed by atoms with van der Waals surface area (Å²) in [6, 6.07) is 27.6. The molecule has 1 aromatic heterocycles. The number of Topliss-reactive ketones (excluding diaryl/α,β-unsaturated/α-hetero) is 1. The van der Waals surface area contributed by atoms with Crippen LogP contribution in [0.2, 0.25) is 0 Å². The van der Waals surface area contributed by atoms with Crippen molar-refractivity contribution in [3.63, 3.8) is 0 Å². The quantitative estimate of drug-likeness (QED) is 0.535. The average Bonchev–Trinajstić information content (AvgIpc) is 3.30. The molecule has 0 bridgehead atoms. The number of rotatable bonds is 3. The molecule has 4 heteroatoms. The molecule has 1 heterocycles. The minimum atomic E-state index is -1.36. The number of carbonyl (C=O) groups excluding carboxylic acids is 1. The number of hydrogen-bond acceptors (Lipinski definition) is 4. The van der Waals surface area contributed by atoms with Gasteiger partial charge in [-0.25, -0.2) is 0 Å². The van der Waals surface area contributed by atoms with Gasteiger partial charge in [-0.05, 0) is 28.6 Å². The van der Waals surface area contributed by atoms with E-state index in [2.05, 4.69) is 12.1 Å². The van der Waals surface area contributed by atoms with E-state index in [-0.39, 0.29) is 12.2 Å². The molecule has 2 atom stereocenters. The van der Waals surface area contributed by atoms with Crippen molar-refractivity contribution in [2.24, 2.45) is 5.41 Å². The summed E-state index contributed by atoms with van der Waals surface area (Å²) < 4.78 is 0. The van der Waals surface area contributed by atoms with Crippen LogP contribution < -0.4 is 0 Å². The van der Waals surface area contributed by atoms with Crippen LogP contribution in [-0.4, -0.2) is 5.78 Å². The summed E-state index contributed by atoms with van der Waals surface area (Å²) in [6.45, 7) is 0. The van der Waals surface area contributed by atoms with Gasteiger partial charge in [-0.3, -0.25) is 4.79 Å². The van der Waals surface area contributed by atoms with E-state index in [0.717, 1.165) is 16.0 Å². The summed E-state index contributed by atoms with van der Waals surface area (Å²) >= 11 is 1.48. The highest BCUT2D eigenvalue weighted by atomic mass is 32.1. The third-order valence-corrected chi connectivity index (χ3v) is 6.49. The zero-order chi connectivity index (χ0) is 20.3. The fourth-order valence-electron chi connectivity index (χ4n) is 4.17. The lowest BCUT2D eigenvalue weighted by Gasteiger charge is -2.41. The van der Waals surface area contributed by atoms with Crippen molar-refractivity contribution in [2.75, 3.05) is 0 Å². The van der Waals surface area contributed by atoms with Crippen LogP contribution in [0.3, 0.4) is 0 Å². The van der Waals surface area contributed by atoms with Crippen molar-refractivity contribution >= 4 is 23.2 Å². The second kappa shape index (κ2) is 7.87. The molecule has 0 radical (unpaired) electrons. The van der Waals surface area contributed by atoms with Gasteiger partial charge in [0.1, 0.15) is 0 Å². The molecule has 0 saturated heterocycles. The Balaban J connectivity index is 1.95. The Hall–Kier alpha value is -3.47. The first kappa shape index (κ1) is 18.9. The Morgan fingerprint density at radius 3 is 2.17 bits per heavy atom. The second-order valence-electron chi connectivity index (χ2n) is 7.14. The fraction of sp³-hybridized carbons (Fsp3) is 0.160. The maximum absolute atomic E-state index is 13.3. The highest BCUT2D eigenvalue weighted by molar-refractivity contribution is 7.10. The molecule has 0 N–H and O–H groups in total. The number of allylic oxidation sites excluding steroid dienone is 1. The van der Waals surface area contributed by atoms with Gasteiger partial charge in [0.05, 0.1) is 18.1 Å². The predicted octanol–water partition coefficient (Wildman–Crippen LogP) is 5.71. The minimum Gasteiger partial charge on any atom is -0.295 e. The van der Waals surface area contributed by atoms with Crippen LogP contribution in [-0.2, 0) is 4.79 Å². The molecule has 2 aromatic carbocycles. The van der Waals surface area contributed by atoms with Crippen molar-refractivity contribution in [1.82, 2.24) is 0 Å². The molecule has 1 saturated carbocycles. The monoisotopic (exact) mass is 394 g/mol. The van der Waals surface area contributed by atoms with Crippen LogP contribution in [0.25, 0.3) is 6.08 Å². The Kier molecular flexibility index (Phi) is 5.12. The van der Waals surface area contributed by atoms with E-state index in [1.54, 1.807) is 0 Å². The number of hydrogen-bond donors (Lipinski definition) is 0. The summed E-state index contributed by atoms with van der Waals surface area (Å²) in [5, 5.41) is 22.5. The number of nitrogens with zero attached hydrogens (tertiary/aromatic N) is 2. The molecule has 29 heavy (non-hydrogen) atoms. The van der Waals surface area contributed by atoms with E-state index in [0.29, 0.717) is 5.57 Å². The van der Waals surface area contributed by atoms with Crippen molar-refractivity contribution in [1.29, 1.82) is 10.5 Å². The Morgan fingerprint density at radius 1 is 0.931 bits per heavy atom. The van der Waals surface area contributed by atoms with E-state index < -0.39 is 17.3 Å². The zero-order valence-corrected chi connectivity index (χ0v) is 16.5. The highest BCUT2D eigenvalue weighted by Gasteiger charge is 2.55. The predicted molar refractivity (Wildman–Crippen MR) is 114 cm³/mol. The second-order valence-corrected chi connectivity index (χ2v) is 8.12. The largest absolute Gasteiger partial charge is 0.295 e. The molecule has 4 rings (SSSR count). The van der Waals surface area contributed by atoms with E-state index >= 15 is 0 Å². The van der Waals surface area contributed by atoms with Crippen molar-refractivity contribution in [3.05, 3.63) is 99.8 Å². The molecule has 0 spiro atoms. The molecule has 3 nitrogen and oxygen atoms in total. The molecule has 1 aliphatic carbocycles. The molecule has 1 fully saturated rings. The molecule has 0 aliphatic heterocycles. The lowest BCUT2D eigenvalue weighted by atomic mass is 9.57. The van der Waals surface area contributed by atoms with Gasteiger partial charge in [-0.2, -0.15) is 10.5 Å². The summed E-state index contributed by atoms with van der Waals surface area (Å²) in [6.07, 6.45) is 1.99. The Morgan fingerprint density at radius 2 is 1.59 bits per heavy atom. The first-order valence-corrected chi connectivity index (χ1v) is 10.3. The smallest absolute Gasteiger partial charge is 0.162 e. The van der Waals surface area contributed by atoms with Crippen LogP contribution in [0.1, 0.15) is 34.3 Å². The molecular weight excluding hydrogens is 376 g/mol. The molecule has 3 aromatic rings. The Bertz CT molecular complexity index is 1110. The molecule has 0 amide bonds. The van der Waals surface area contributed by atoms with E-state index in [9.17, 15) is 15.3 Å². The van der Waals surface area contributed by atoms with Gasteiger partial charge in [-0.15, -0.1) is 11.3 Å². The van der Waals surface area contributed by atoms with E-state index in [1.165, 1.54) is 11.3 Å². The summed E-state index contributed by atoms with van der Waals surface area (Å²) in [5.41, 5.74) is 0.916. The third kappa shape index (κ3) is 3.29. The fourth-order valence-corrected chi connectivity index (χ4v) is 5.09. The van der Waals surface area contributed by atoms with Crippen molar-refractivity contribution in [3.8, 4) is 12.1 Å². The van der Waals surface area contributed by atoms with Crippen LogP contribution in [0, 0.1) is 28.1 Å². The summed E-state index contributed by atoms with van der Waals surface area (Å²) in [5.74, 6) is -1.09. The van der Waals surface area contributed by atoms with Crippen LogP contribution >= 0.6 is 11.3 Å². The number of thiophene rings is 1. The number of benzene rings is 2. The van der Waals surface area contributed by atoms with Gasteiger partial charge in [0.25, 0.3) is 0 Å². The molecule has 1 aliphatic rings. The Labute approximate surface area is 174 Å². The summed E-state index contributed by atoms with van der Waals surface area (Å²) in [4.78, 5) is 14.2. The van der Waals surface area contributed by atoms with Crippen LogP contribution in [0.5, 0.6) is 0 Å². The maximum Gasteiger partial charge on any atom is 0.162 e. The van der Waals surface area contributed by atoms with E-state index in [1.807, 2.05) is 84.3 Å². The van der Waals surface area contributed by atoms with Gasteiger partial charge in [0, 0.05) is 22.8 Å². The minimum absolute atomic E-state index is 0.0118. The maximum atomic E-state index is 13.3. The molecule has 140 valence electrons. The lowest BCUT2D eigenvalue weighted by Crippen LogP contribution is -2.41. The summed E-state index contributed by atoms with van der Waals surface area (Å²) in [7, 11) is 0. The number of nitriles is 2. The zero-order valence-electron chi connectivity index (χ0n) is 15.7. The molecular formula is C25H18N2OS. The normalized spacial score (nSPS) is 22.0. The van der Waals surface area contributed by atoms with E-state index in [4.69, 9.17) is 0 Å². The first-order valence-electron chi connectivity index (χ1n) is 9.40. The SMILES string of the molecule is N#CC1(C#N)[C@H](c2ccccc2)CC(=O)/C(=C/c2ccccc2)[C@H]1c1cccs1. The molecule has 0 unspecified atom stereocenters.